The molecule has 1 unspecified atom stereocenters. The fourth-order valence-corrected chi connectivity index (χ4v) is 2.92. The highest BCUT2D eigenvalue weighted by molar-refractivity contribution is 5.98. The molecule has 1 atom stereocenters. The number of aryl methyl sites for hydroxylation is 1. The maximum atomic E-state index is 12.3. The average molecular weight is 331 g/mol. The van der Waals surface area contributed by atoms with E-state index < -0.39 is 0 Å². The molecule has 0 aromatic heterocycles. The SMILES string of the molecule is CCOC(=O)C1CCCN(C(=O)CCC(=O)c2ccc(C)cc2)C1. The summed E-state index contributed by atoms with van der Waals surface area (Å²) in [7, 11) is 0. The van der Waals surface area contributed by atoms with Crippen LogP contribution in [0.15, 0.2) is 24.3 Å². The molecule has 0 saturated carbocycles. The Morgan fingerprint density at radius 2 is 1.88 bits per heavy atom. The van der Waals surface area contributed by atoms with Crippen LogP contribution in [0.2, 0.25) is 0 Å². The Labute approximate surface area is 143 Å². The van der Waals surface area contributed by atoms with Crippen LogP contribution in [0.3, 0.4) is 0 Å². The predicted octanol–water partition coefficient (Wildman–Crippen LogP) is 2.76. The van der Waals surface area contributed by atoms with E-state index in [4.69, 9.17) is 4.74 Å². The molecule has 5 heteroatoms. The largest absolute Gasteiger partial charge is 0.466 e. The van der Waals surface area contributed by atoms with E-state index in [2.05, 4.69) is 0 Å². The summed E-state index contributed by atoms with van der Waals surface area (Å²) >= 11 is 0. The molecule has 1 aromatic carbocycles. The van der Waals surface area contributed by atoms with Crippen molar-refractivity contribution in [3.63, 3.8) is 0 Å². The standard InChI is InChI=1S/C19H25NO4/c1-3-24-19(23)16-5-4-12-20(13-16)18(22)11-10-17(21)15-8-6-14(2)7-9-15/h6-9,16H,3-5,10-13H2,1-2H3. The van der Waals surface area contributed by atoms with Crippen molar-refractivity contribution in [1.82, 2.24) is 4.90 Å². The van der Waals surface area contributed by atoms with Crippen molar-refractivity contribution in [3.8, 4) is 0 Å². The number of piperidine rings is 1. The van der Waals surface area contributed by atoms with Gasteiger partial charge in [-0.15, -0.1) is 0 Å². The summed E-state index contributed by atoms with van der Waals surface area (Å²) in [5.74, 6) is -0.562. The number of ether oxygens (including phenoxy) is 1. The highest BCUT2D eigenvalue weighted by Crippen LogP contribution is 2.19. The first-order valence-electron chi connectivity index (χ1n) is 8.55. The van der Waals surface area contributed by atoms with Crippen molar-refractivity contribution in [1.29, 1.82) is 0 Å². The van der Waals surface area contributed by atoms with Gasteiger partial charge in [-0.3, -0.25) is 14.4 Å². The second-order valence-corrected chi connectivity index (χ2v) is 6.22. The molecular weight excluding hydrogens is 306 g/mol. The number of esters is 1. The summed E-state index contributed by atoms with van der Waals surface area (Å²) in [6, 6.07) is 7.37. The number of likely N-dealkylation sites (tertiary alicyclic amines) is 1. The van der Waals surface area contributed by atoms with Gasteiger partial charge in [-0.05, 0) is 26.7 Å². The number of Topliss-reactive ketones (excluding diaryl/α,β-unsaturated/α-hetero) is 1. The zero-order valence-corrected chi connectivity index (χ0v) is 14.4. The minimum atomic E-state index is -0.240. The van der Waals surface area contributed by atoms with Crippen LogP contribution in [-0.4, -0.2) is 42.3 Å². The van der Waals surface area contributed by atoms with Crippen LogP contribution < -0.4 is 0 Å². The number of hydrogen-bond donors (Lipinski definition) is 0. The second kappa shape index (κ2) is 8.62. The predicted molar refractivity (Wildman–Crippen MR) is 90.7 cm³/mol. The molecule has 0 spiro atoms. The number of carbonyl (C=O) groups excluding carboxylic acids is 3. The number of hydrogen-bond acceptors (Lipinski definition) is 4. The molecule has 0 aliphatic carbocycles. The van der Waals surface area contributed by atoms with Crippen molar-refractivity contribution < 1.29 is 19.1 Å². The van der Waals surface area contributed by atoms with Crippen LogP contribution in [0.25, 0.3) is 0 Å². The Hall–Kier alpha value is -2.17. The molecule has 24 heavy (non-hydrogen) atoms. The van der Waals surface area contributed by atoms with Crippen LogP contribution >= 0.6 is 0 Å². The summed E-state index contributed by atoms with van der Waals surface area (Å²) in [6.45, 7) is 5.15. The first-order valence-corrected chi connectivity index (χ1v) is 8.55. The number of nitrogens with zero attached hydrogens (tertiary/aromatic N) is 1. The van der Waals surface area contributed by atoms with E-state index in [1.54, 1.807) is 24.0 Å². The van der Waals surface area contributed by atoms with Crippen molar-refractivity contribution in [2.75, 3.05) is 19.7 Å². The lowest BCUT2D eigenvalue weighted by Gasteiger charge is -2.31. The van der Waals surface area contributed by atoms with Crippen molar-refractivity contribution in [2.45, 2.75) is 39.5 Å². The summed E-state index contributed by atoms with van der Waals surface area (Å²) in [4.78, 5) is 38.0. The Bertz CT molecular complexity index is 594. The number of rotatable bonds is 6. The van der Waals surface area contributed by atoms with E-state index in [0.717, 1.165) is 18.4 Å². The quantitative estimate of drug-likeness (QED) is 0.594. The number of amides is 1. The van der Waals surface area contributed by atoms with Gasteiger partial charge in [0.05, 0.1) is 12.5 Å². The minimum absolute atomic E-state index is 0.0256. The number of benzene rings is 1. The van der Waals surface area contributed by atoms with Gasteiger partial charge in [0.15, 0.2) is 5.78 Å². The van der Waals surface area contributed by atoms with E-state index >= 15 is 0 Å². The van der Waals surface area contributed by atoms with E-state index in [9.17, 15) is 14.4 Å². The van der Waals surface area contributed by atoms with E-state index in [1.807, 2.05) is 19.1 Å². The third-order valence-electron chi connectivity index (χ3n) is 4.33. The molecule has 2 rings (SSSR count). The van der Waals surface area contributed by atoms with Crippen molar-refractivity contribution in [3.05, 3.63) is 35.4 Å². The lowest BCUT2D eigenvalue weighted by molar-refractivity contribution is -0.151. The van der Waals surface area contributed by atoms with Gasteiger partial charge in [0, 0.05) is 31.5 Å². The van der Waals surface area contributed by atoms with Gasteiger partial charge in [0.2, 0.25) is 5.91 Å². The lowest BCUT2D eigenvalue weighted by Crippen LogP contribution is -2.42. The topological polar surface area (TPSA) is 63.7 Å². The highest BCUT2D eigenvalue weighted by Gasteiger charge is 2.29. The van der Waals surface area contributed by atoms with Gasteiger partial charge in [0.25, 0.3) is 0 Å². The minimum Gasteiger partial charge on any atom is -0.466 e. The second-order valence-electron chi connectivity index (χ2n) is 6.22. The molecule has 1 saturated heterocycles. The Kier molecular flexibility index (Phi) is 6.53. The Balaban J connectivity index is 1.84. The van der Waals surface area contributed by atoms with E-state index in [-0.39, 0.29) is 36.4 Å². The normalized spacial score (nSPS) is 17.4. The molecule has 1 aromatic rings. The summed E-state index contributed by atoms with van der Waals surface area (Å²) in [6.07, 6.45) is 1.93. The smallest absolute Gasteiger partial charge is 0.310 e. The van der Waals surface area contributed by atoms with Crippen LogP contribution in [-0.2, 0) is 14.3 Å². The zero-order valence-electron chi connectivity index (χ0n) is 14.4. The molecule has 130 valence electrons. The molecule has 1 heterocycles. The van der Waals surface area contributed by atoms with E-state index in [1.165, 1.54) is 0 Å². The fourth-order valence-electron chi connectivity index (χ4n) is 2.92. The highest BCUT2D eigenvalue weighted by atomic mass is 16.5. The van der Waals surface area contributed by atoms with Gasteiger partial charge in [-0.1, -0.05) is 29.8 Å². The lowest BCUT2D eigenvalue weighted by atomic mass is 9.97. The molecule has 0 N–H and O–H groups in total. The third-order valence-corrected chi connectivity index (χ3v) is 4.33. The number of ketones is 1. The molecule has 1 aliphatic heterocycles. The monoisotopic (exact) mass is 331 g/mol. The van der Waals surface area contributed by atoms with Gasteiger partial charge in [-0.25, -0.2) is 0 Å². The molecule has 1 aliphatic rings. The summed E-state index contributed by atoms with van der Waals surface area (Å²) < 4.78 is 5.04. The Morgan fingerprint density at radius 3 is 2.54 bits per heavy atom. The fraction of sp³-hybridized carbons (Fsp3) is 0.526. The van der Waals surface area contributed by atoms with Crippen LogP contribution in [0.5, 0.6) is 0 Å². The summed E-state index contributed by atoms with van der Waals surface area (Å²) in [5.41, 5.74) is 1.73. The first kappa shape index (κ1) is 18.2. The molecule has 0 radical (unpaired) electrons. The van der Waals surface area contributed by atoms with Crippen molar-refractivity contribution >= 4 is 17.7 Å². The first-order chi connectivity index (χ1) is 11.5. The maximum Gasteiger partial charge on any atom is 0.310 e. The molecule has 1 amide bonds. The van der Waals surface area contributed by atoms with Crippen LogP contribution in [0, 0.1) is 12.8 Å². The van der Waals surface area contributed by atoms with Crippen LogP contribution in [0.4, 0.5) is 0 Å². The summed E-state index contributed by atoms with van der Waals surface area (Å²) in [5, 5.41) is 0. The number of carbonyl (C=O) groups is 3. The molecule has 1 fully saturated rings. The van der Waals surface area contributed by atoms with Crippen molar-refractivity contribution in [2.24, 2.45) is 5.92 Å². The van der Waals surface area contributed by atoms with Gasteiger partial charge < -0.3 is 9.64 Å². The van der Waals surface area contributed by atoms with Gasteiger partial charge in [-0.2, -0.15) is 0 Å². The zero-order chi connectivity index (χ0) is 17.5. The Morgan fingerprint density at radius 1 is 1.17 bits per heavy atom. The molecule has 5 nitrogen and oxygen atoms in total. The van der Waals surface area contributed by atoms with Gasteiger partial charge >= 0.3 is 5.97 Å². The van der Waals surface area contributed by atoms with Gasteiger partial charge in [0.1, 0.15) is 0 Å². The molecule has 0 bridgehead atoms. The van der Waals surface area contributed by atoms with Crippen LogP contribution in [0.1, 0.15) is 48.5 Å². The molecular formula is C19H25NO4. The van der Waals surface area contributed by atoms with E-state index in [0.29, 0.717) is 25.3 Å². The average Bonchev–Trinajstić information content (AvgIpc) is 2.60. The maximum absolute atomic E-state index is 12.3. The third kappa shape index (κ3) is 4.91.